The standard InChI is InChI=1S/C45H55ClN6O3S/c1-31(2)44(5)29-36(52-33(4)49-39-18-12-13-19-41(39)52)26-32(3)51(44)25-22-45(35-16-10-7-11-17-35)20-23-50(24-21-45)43(53)37-27-42(56(47,54)55)38(46)28-40(37)48-30-34-14-8-6-9-15-34/h6-19,27-28,31-32,36,48H,20-26,29-30H2,1-5H3,(H2,47,54,55)/t32-,36+,44+/m0/s1. The Morgan fingerprint density at radius 2 is 1.62 bits per heavy atom. The number of carbonyl (C=O) groups excluding carboxylic acids is 1. The highest BCUT2D eigenvalue weighted by molar-refractivity contribution is 7.89. The van der Waals surface area contributed by atoms with Gasteiger partial charge in [0.2, 0.25) is 10.0 Å². The Kier molecular flexibility index (Phi) is 11.4. The molecule has 9 nitrogen and oxygen atoms in total. The number of benzene rings is 4. The molecule has 1 amide bonds. The third-order valence-corrected chi connectivity index (χ3v) is 14.4. The Labute approximate surface area is 337 Å². The highest BCUT2D eigenvalue weighted by Gasteiger charge is 2.47. The first-order valence-electron chi connectivity index (χ1n) is 19.9. The first kappa shape index (κ1) is 40.0. The minimum absolute atomic E-state index is 0.0264. The van der Waals surface area contributed by atoms with E-state index >= 15 is 0 Å². The number of rotatable bonds is 11. The zero-order chi connectivity index (χ0) is 39.8. The van der Waals surface area contributed by atoms with Crippen LogP contribution in [0.25, 0.3) is 11.0 Å². The Balaban J connectivity index is 1.13. The van der Waals surface area contributed by atoms with Crippen LogP contribution in [0.3, 0.4) is 0 Å². The molecule has 2 saturated heterocycles. The number of para-hydroxylation sites is 2. The van der Waals surface area contributed by atoms with E-state index in [-0.39, 0.29) is 32.3 Å². The fourth-order valence-electron chi connectivity index (χ4n) is 9.57. The van der Waals surface area contributed by atoms with Crippen LogP contribution in [0.2, 0.25) is 5.02 Å². The van der Waals surface area contributed by atoms with Crippen LogP contribution in [0.15, 0.2) is 102 Å². The maximum Gasteiger partial charge on any atom is 0.255 e. The van der Waals surface area contributed by atoms with Crippen molar-refractivity contribution < 1.29 is 13.2 Å². The number of aromatic nitrogens is 2. The van der Waals surface area contributed by atoms with E-state index in [0.717, 1.165) is 55.6 Å². The van der Waals surface area contributed by atoms with Crippen molar-refractivity contribution in [2.24, 2.45) is 11.1 Å². The molecule has 0 bridgehead atoms. The summed E-state index contributed by atoms with van der Waals surface area (Å²) in [6.07, 6.45) is 4.62. The second kappa shape index (κ2) is 16.0. The lowest BCUT2D eigenvalue weighted by Crippen LogP contribution is -2.60. The van der Waals surface area contributed by atoms with Crippen LogP contribution >= 0.6 is 11.6 Å². The molecular formula is C45H55ClN6O3S. The summed E-state index contributed by atoms with van der Waals surface area (Å²) in [6, 6.07) is 32.6. The van der Waals surface area contributed by atoms with E-state index in [4.69, 9.17) is 21.7 Å². The topological polar surface area (TPSA) is 114 Å². The summed E-state index contributed by atoms with van der Waals surface area (Å²) in [5.74, 6) is 1.27. The zero-order valence-corrected chi connectivity index (χ0v) is 34.8. The summed E-state index contributed by atoms with van der Waals surface area (Å²) in [7, 11) is -4.17. The SMILES string of the molecule is Cc1nc2ccccc2n1[C@@H]1C[C@H](C)N(CCC2(c3ccccc3)CCN(C(=O)c3cc(S(N)(=O)=O)c(Cl)cc3NCc3ccccc3)CC2)[C@@](C)(C(C)C)C1. The molecule has 0 radical (unpaired) electrons. The van der Waals surface area contributed by atoms with E-state index in [1.807, 2.05) is 35.2 Å². The van der Waals surface area contributed by atoms with Crippen molar-refractivity contribution in [3.05, 3.63) is 125 Å². The summed E-state index contributed by atoms with van der Waals surface area (Å²) >= 11 is 6.44. The number of aryl methyl sites for hydroxylation is 1. The van der Waals surface area contributed by atoms with Gasteiger partial charge in [-0.1, -0.05) is 98.2 Å². The summed E-state index contributed by atoms with van der Waals surface area (Å²) in [4.78, 5) is 23.7. The number of nitrogens with one attached hydrogen (secondary N) is 1. The predicted octanol–water partition coefficient (Wildman–Crippen LogP) is 8.96. The molecule has 5 aromatic rings. The number of carbonyl (C=O) groups is 1. The number of nitrogens with two attached hydrogens (primary N) is 1. The maximum atomic E-state index is 14.4. The van der Waals surface area contributed by atoms with Crippen molar-refractivity contribution in [3.63, 3.8) is 0 Å². The van der Waals surface area contributed by atoms with Gasteiger partial charge in [-0.05, 0) is 106 Å². The highest BCUT2D eigenvalue weighted by Crippen LogP contribution is 2.46. The predicted molar refractivity (Wildman–Crippen MR) is 227 cm³/mol. The molecule has 3 atom stereocenters. The third kappa shape index (κ3) is 7.86. The van der Waals surface area contributed by atoms with Crippen LogP contribution in [0, 0.1) is 12.8 Å². The van der Waals surface area contributed by atoms with E-state index in [1.54, 1.807) is 0 Å². The molecule has 0 unspecified atom stereocenters. The first-order valence-corrected chi connectivity index (χ1v) is 21.8. The molecule has 3 heterocycles. The number of imidazole rings is 1. The van der Waals surface area contributed by atoms with Crippen LogP contribution < -0.4 is 10.5 Å². The van der Waals surface area contributed by atoms with E-state index < -0.39 is 10.0 Å². The molecule has 7 rings (SSSR count). The van der Waals surface area contributed by atoms with Gasteiger partial charge in [-0.15, -0.1) is 0 Å². The Hall–Kier alpha value is -4.22. The molecule has 11 heteroatoms. The lowest BCUT2D eigenvalue weighted by molar-refractivity contribution is -0.0396. The summed E-state index contributed by atoms with van der Waals surface area (Å²) in [5, 5.41) is 8.87. The highest BCUT2D eigenvalue weighted by atomic mass is 35.5. The fraction of sp³-hybridized carbons (Fsp3) is 0.422. The molecule has 2 fully saturated rings. The summed E-state index contributed by atoms with van der Waals surface area (Å²) in [6.45, 7) is 14.1. The minimum Gasteiger partial charge on any atom is -0.380 e. The van der Waals surface area contributed by atoms with E-state index in [9.17, 15) is 13.2 Å². The van der Waals surface area contributed by atoms with Crippen LogP contribution in [0.4, 0.5) is 5.69 Å². The summed E-state index contributed by atoms with van der Waals surface area (Å²) < 4.78 is 27.6. The quantitative estimate of drug-likeness (QED) is 0.138. The zero-order valence-electron chi connectivity index (χ0n) is 33.2. The van der Waals surface area contributed by atoms with Gasteiger partial charge >= 0.3 is 0 Å². The van der Waals surface area contributed by atoms with Crippen LogP contribution in [0.1, 0.15) is 93.2 Å². The van der Waals surface area contributed by atoms with Gasteiger partial charge in [0.1, 0.15) is 10.7 Å². The molecule has 0 spiro atoms. The van der Waals surface area contributed by atoms with E-state index in [2.05, 4.69) is 104 Å². The number of halogens is 1. The Morgan fingerprint density at radius 3 is 2.29 bits per heavy atom. The number of amides is 1. The van der Waals surface area contributed by atoms with Gasteiger partial charge in [0, 0.05) is 42.9 Å². The number of anilines is 1. The number of fused-ring (bicyclic) bond motifs is 1. The average Bonchev–Trinajstić information content (AvgIpc) is 3.52. The summed E-state index contributed by atoms with van der Waals surface area (Å²) in [5.41, 5.74) is 5.13. The van der Waals surface area contributed by atoms with Gasteiger partial charge in [0.25, 0.3) is 5.91 Å². The smallest absolute Gasteiger partial charge is 0.255 e. The molecule has 1 aromatic heterocycles. The molecule has 0 aliphatic carbocycles. The van der Waals surface area contributed by atoms with Crippen molar-refractivity contribution >= 4 is 44.3 Å². The molecule has 296 valence electrons. The molecule has 2 aliphatic rings. The second-order valence-electron chi connectivity index (χ2n) is 16.6. The van der Waals surface area contributed by atoms with Gasteiger partial charge in [-0.25, -0.2) is 18.5 Å². The normalized spacial score (nSPS) is 21.8. The molecular weight excluding hydrogens is 740 g/mol. The van der Waals surface area contributed by atoms with Gasteiger partial charge < -0.3 is 14.8 Å². The number of piperidine rings is 2. The van der Waals surface area contributed by atoms with Crippen LogP contribution in [-0.4, -0.2) is 64.9 Å². The maximum absolute atomic E-state index is 14.4. The number of sulfonamides is 1. The fourth-order valence-corrected chi connectivity index (χ4v) is 10.7. The van der Waals surface area contributed by atoms with Crippen LogP contribution in [0.5, 0.6) is 0 Å². The number of hydrogen-bond acceptors (Lipinski definition) is 6. The van der Waals surface area contributed by atoms with Gasteiger partial charge in [-0.3, -0.25) is 9.69 Å². The second-order valence-corrected chi connectivity index (χ2v) is 18.5. The van der Waals surface area contributed by atoms with Gasteiger partial charge in [0.05, 0.1) is 21.6 Å². The monoisotopic (exact) mass is 794 g/mol. The third-order valence-electron chi connectivity index (χ3n) is 13.0. The van der Waals surface area contributed by atoms with Crippen molar-refractivity contribution in [1.82, 2.24) is 19.4 Å². The van der Waals surface area contributed by atoms with Crippen molar-refractivity contribution in [1.29, 1.82) is 0 Å². The lowest BCUT2D eigenvalue weighted by Gasteiger charge is -2.55. The van der Waals surface area contributed by atoms with Crippen molar-refractivity contribution in [3.8, 4) is 0 Å². The molecule has 2 aliphatic heterocycles. The van der Waals surface area contributed by atoms with Gasteiger partial charge in [-0.2, -0.15) is 0 Å². The van der Waals surface area contributed by atoms with Gasteiger partial charge in [0.15, 0.2) is 0 Å². The van der Waals surface area contributed by atoms with Crippen molar-refractivity contribution in [2.45, 2.75) is 101 Å². The largest absolute Gasteiger partial charge is 0.380 e. The first-order chi connectivity index (χ1) is 26.7. The number of likely N-dealkylation sites (tertiary alicyclic amines) is 2. The minimum atomic E-state index is -4.17. The van der Waals surface area contributed by atoms with Crippen molar-refractivity contribution in [2.75, 3.05) is 25.0 Å². The van der Waals surface area contributed by atoms with E-state index in [1.165, 1.54) is 23.2 Å². The average molecular weight is 795 g/mol. The Morgan fingerprint density at radius 1 is 0.982 bits per heavy atom. The lowest BCUT2D eigenvalue weighted by atomic mass is 9.69. The molecule has 3 N–H and O–H groups in total. The molecule has 0 saturated carbocycles. The number of nitrogens with zero attached hydrogens (tertiary/aromatic N) is 4. The molecule has 56 heavy (non-hydrogen) atoms. The molecule has 4 aromatic carbocycles. The number of primary sulfonamides is 1. The van der Waals surface area contributed by atoms with Crippen LogP contribution in [-0.2, 0) is 22.0 Å². The van der Waals surface area contributed by atoms with E-state index in [0.29, 0.717) is 43.3 Å². The number of hydrogen-bond donors (Lipinski definition) is 2. The Bertz CT molecular complexity index is 2290.